The highest BCUT2D eigenvalue weighted by atomic mass is 16.3. The van der Waals surface area contributed by atoms with Crippen LogP contribution < -0.4 is 5.32 Å². The van der Waals surface area contributed by atoms with Crippen LogP contribution in [0, 0.1) is 5.92 Å². The molecule has 0 aromatic carbocycles. The predicted octanol–water partition coefficient (Wildman–Crippen LogP) is 1.93. The molecule has 0 aliphatic heterocycles. The molecule has 2 unspecified atom stereocenters. The van der Waals surface area contributed by atoms with E-state index in [2.05, 4.69) is 19.2 Å². The average molecular weight is 185 g/mol. The molecule has 0 aromatic heterocycles. The minimum absolute atomic E-state index is 0.278. The van der Waals surface area contributed by atoms with E-state index < -0.39 is 0 Å². The van der Waals surface area contributed by atoms with E-state index in [1.807, 2.05) is 0 Å². The fourth-order valence-corrected chi connectivity index (χ4v) is 2.17. The average Bonchev–Trinajstić information content (AvgIpc) is 2.17. The zero-order valence-electron chi connectivity index (χ0n) is 8.92. The molecule has 0 bridgehead atoms. The van der Waals surface area contributed by atoms with Crippen LogP contribution >= 0.6 is 0 Å². The van der Waals surface area contributed by atoms with E-state index in [1.54, 1.807) is 0 Å². The minimum atomic E-state index is 0.278. The number of hydrogen-bond donors (Lipinski definition) is 2. The van der Waals surface area contributed by atoms with Crippen LogP contribution in [0.2, 0.25) is 0 Å². The van der Waals surface area contributed by atoms with Gasteiger partial charge in [-0.1, -0.05) is 26.7 Å². The lowest BCUT2D eigenvalue weighted by Crippen LogP contribution is -2.44. The zero-order valence-corrected chi connectivity index (χ0v) is 8.92. The fourth-order valence-electron chi connectivity index (χ4n) is 2.17. The molecule has 2 heteroatoms. The van der Waals surface area contributed by atoms with Gasteiger partial charge in [-0.3, -0.25) is 0 Å². The molecule has 1 saturated carbocycles. The van der Waals surface area contributed by atoms with Crippen LogP contribution in [0.25, 0.3) is 0 Å². The number of aliphatic hydroxyl groups is 1. The molecule has 78 valence electrons. The lowest BCUT2D eigenvalue weighted by Gasteiger charge is -2.32. The van der Waals surface area contributed by atoms with Crippen molar-refractivity contribution in [2.45, 2.75) is 58.0 Å². The molecule has 0 spiro atoms. The van der Waals surface area contributed by atoms with Gasteiger partial charge in [0, 0.05) is 12.1 Å². The molecule has 3 atom stereocenters. The predicted molar refractivity (Wildman–Crippen MR) is 55.7 cm³/mol. The maximum Gasteiger partial charge on any atom is 0.0584 e. The molecular formula is C11H23NO. The maximum absolute atomic E-state index is 9.08. The molecule has 0 heterocycles. The largest absolute Gasteiger partial charge is 0.395 e. The summed E-state index contributed by atoms with van der Waals surface area (Å²) in [7, 11) is 0. The first-order chi connectivity index (χ1) is 6.27. The summed E-state index contributed by atoms with van der Waals surface area (Å²) in [5, 5.41) is 12.6. The van der Waals surface area contributed by atoms with Crippen molar-refractivity contribution < 1.29 is 5.11 Å². The maximum atomic E-state index is 9.08. The van der Waals surface area contributed by atoms with Crippen LogP contribution in [0.5, 0.6) is 0 Å². The van der Waals surface area contributed by atoms with Crippen LogP contribution in [0.15, 0.2) is 0 Å². The monoisotopic (exact) mass is 185 g/mol. The quantitative estimate of drug-likeness (QED) is 0.701. The first-order valence-electron chi connectivity index (χ1n) is 5.64. The number of hydrogen-bond acceptors (Lipinski definition) is 2. The Kier molecular flexibility index (Phi) is 4.74. The van der Waals surface area contributed by atoms with Crippen molar-refractivity contribution in [1.82, 2.24) is 5.32 Å². The first-order valence-corrected chi connectivity index (χ1v) is 5.64. The van der Waals surface area contributed by atoms with Gasteiger partial charge in [-0.05, 0) is 25.2 Å². The topological polar surface area (TPSA) is 32.3 Å². The minimum Gasteiger partial charge on any atom is -0.395 e. The van der Waals surface area contributed by atoms with Crippen molar-refractivity contribution >= 4 is 0 Å². The molecule has 13 heavy (non-hydrogen) atoms. The van der Waals surface area contributed by atoms with Crippen molar-refractivity contribution in [3.8, 4) is 0 Å². The van der Waals surface area contributed by atoms with Gasteiger partial charge in [0.1, 0.15) is 0 Å². The Balaban J connectivity index is 2.32. The zero-order chi connectivity index (χ0) is 9.68. The molecule has 1 aliphatic rings. The Bertz CT molecular complexity index is 134. The van der Waals surface area contributed by atoms with E-state index in [-0.39, 0.29) is 6.61 Å². The summed E-state index contributed by atoms with van der Waals surface area (Å²) in [4.78, 5) is 0. The van der Waals surface area contributed by atoms with E-state index >= 15 is 0 Å². The Labute approximate surface area is 81.7 Å². The molecule has 0 amide bonds. The lowest BCUT2D eigenvalue weighted by atomic mass is 9.85. The normalized spacial score (nSPS) is 31.6. The van der Waals surface area contributed by atoms with Gasteiger partial charge in [-0.15, -0.1) is 0 Å². The third kappa shape index (κ3) is 3.28. The Morgan fingerprint density at radius 1 is 1.38 bits per heavy atom. The highest BCUT2D eigenvalue weighted by molar-refractivity contribution is 4.80. The molecule has 1 fully saturated rings. The fraction of sp³-hybridized carbons (Fsp3) is 1.00. The second kappa shape index (κ2) is 5.61. The van der Waals surface area contributed by atoms with Gasteiger partial charge in [0.2, 0.25) is 0 Å². The second-order valence-corrected chi connectivity index (χ2v) is 4.32. The summed E-state index contributed by atoms with van der Waals surface area (Å²) in [5.41, 5.74) is 0. The SMILES string of the molecule is CC[C@H](CO)NC1CCCCC1C. The molecule has 2 N–H and O–H groups in total. The van der Waals surface area contributed by atoms with Gasteiger partial charge < -0.3 is 10.4 Å². The van der Waals surface area contributed by atoms with E-state index in [9.17, 15) is 0 Å². The Morgan fingerprint density at radius 2 is 2.08 bits per heavy atom. The van der Waals surface area contributed by atoms with Crippen LogP contribution in [0.3, 0.4) is 0 Å². The van der Waals surface area contributed by atoms with Crippen molar-refractivity contribution in [1.29, 1.82) is 0 Å². The van der Waals surface area contributed by atoms with E-state index in [1.165, 1.54) is 25.7 Å². The summed E-state index contributed by atoms with van der Waals surface area (Å²) in [6, 6.07) is 0.955. The van der Waals surface area contributed by atoms with Gasteiger partial charge in [-0.25, -0.2) is 0 Å². The lowest BCUT2D eigenvalue weighted by molar-refractivity contribution is 0.193. The number of aliphatic hydroxyl groups excluding tert-OH is 1. The van der Waals surface area contributed by atoms with Gasteiger partial charge in [-0.2, -0.15) is 0 Å². The van der Waals surface area contributed by atoms with Crippen molar-refractivity contribution in [2.24, 2.45) is 5.92 Å². The molecule has 1 aliphatic carbocycles. The Morgan fingerprint density at radius 3 is 2.62 bits per heavy atom. The highest BCUT2D eigenvalue weighted by Gasteiger charge is 2.22. The smallest absolute Gasteiger partial charge is 0.0584 e. The summed E-state index contributed by atoms with van der Waals surface area (Å²) < 4.78 is 0. The molecule has 0 radical (unpaired) electrons. The van der Waals surface area contributed by atoms with Gasteiger partial charge >= 0.3 is 0 Å². The van der Waals surface area contributed by atoms with Crippen LogP contribution in [-0.4, -0.2) is 23.8 Å². The van der Waals surface area contributed by atoms with Crippen LogP contribution in [-0.2, 0) is 0 Å². The van der Waals surface area contributed by atoms with Crippen LogP contribution in [0.1, 0.15) is 46.0 Å². The summed E-state index contributed by atoms with van der Waals surface area (Å²) in [6.45, 7) is 4.72. The summed E-state index contributed by atoms with van der Waals surface area (Å²) in [5.74, 6) is 0.786. The van der Waals surface area contributed by atoms with Crippen molar-refractivity contribution in [3.05, 3.63) is 0 Å². The van der Waals surface area contributed by atoms with E-state index in [0.29, 0.717) is 12.1 Å². The summed E-state index contributed by atoms with van der Waals surface area (Å²) >= 11 is 0. The molecule has 2 nitrogen and oxygen atoms in total. The van der Waals surface area contributed by atoms with Crippen LogP contribution in [0.4, 0.5) is 0 Å². The molecule has 1 rings (SSSR count). The second-order valence-electron chi connectivity index (χ2n) is 4.32. The third-order valence-electron chi connectivity index (χ3n) is 3.27. The van der Waals surface area contributed by atoms with Gasteiger partial charge in [0.25, 0.3) is 0 Å². The molecule has 0 saturated heterocycles. The Hall–Kier alpha value is -0.0800. The van der Waals surface area contributed by atoms with Crippen molar-refractivity contribution in [2.75, 3.05) is 6.61 Å². The van der Waals surface area contributed by atoms with Gasteiger partial charge in [0.05, 0.1) is 6.61 Å². The van der Waals surface area contributed by atoms with E-state index in [0.717, 1.165) is 12.3 Å². The van der Waals surface area contributed by atoms with Crippen molar-refractivity contribution in [3.63, 3.8) is 0 Å². The number of nitrogens with one attached hydrogen (secondary N) is 1. The first kappa shape index (κ1) is 11.0. The number of rotatable bonds is 4. The standard InChI is InChI=1S/C11H23NO/c1-3-10(8-13)12-11-7-5-4-6-9(11)2/h9-13H,3-8H2,1-2H3/t9?,10-,11?/m1/s1. The van der Waals surface area contributed by atoms with Gasteiger partial charge in [0.15, 0.2) is 0 Å². The highest BCUT2D eigenvalue weighted by Crippen LogP contribution is 2.24. The summed E-state index contributed by atoms with van der Waals surface area (Å²) in [6.07, 6.45) is 6.40. The third-order valence-corrected chi connectivity index (χ3v) is 3.27. The molecular weight excluding hydrogens is 162 g/mol. The molecule has 0 aromatic rings. The van der Waals surface area contributed by atoms with E-state index in [4.69, 9.17) is 5.11 Å².